The first-order valence-electron chi connectivity index (χ1n) is 11.2. The minimum Gasteiger partial charge on any atom is -0.457 e. The maximum absolute atomic E-state index is 10.9. The van der Waals surface area contributed by atoms with Crippen LogP contribution in [0.1, 0.15) is 22.3 Å². The zero-order valence-electron chi connectivity index (χ0n) is 20.3. The van der Waals surface area contributed by atoms with Gasteiger partial charge in [0.2, 0.25) is 0 Å². The van der Waals surface area contributed by atoms with Gasteiger partial charge < -0.3 is 9.47 Å². The van der Waals surface area contributed by atoms with Crippen molar-refractivity contribution in [2.45, 2.75) is 27.7 Å². The highest BCUT2D eigenvalue weighted by atomic mass is 16.6. The van der Waals surface area contributed by atoms with Crippen LogP contribution < -0.4 is 9.47 Å². The number of benzene rings is 4. The number of rotatable bonds is 7. The van der Waals surface area contributed by atoms with Crippen molar-refractivity contribution in [3.63, 3.8) is 0 Å². The van der Waals surface area contributed by atoms with E-state index in [-0.39, 0.29) is 11.4 Å². The van der Waals surface area contributed by atoms with E-state index in [2.05, 4.69) is 0 Å². The number of ether oxygens (including phenoxy) is 2. The summed E-state index contributed by atoms with van der Waals surface area (Å²) < 4.78 is 12.1. The van der Waals surface area contributed by atoms with E-state index in [9.17, 15) is 20.2 Å². The van der Waals surface area contributed by atoms with Crippen molar-refractivity contribution in [2.24, 2.45) is 0 Å². The molecular formula is C28H24N2O6. The topological polar surface area (TPSA) is 105 Å². The first-order chi connectivity index (χ1) is 17.1. The summed E-state index contributed by atoms with van der Waals surface area (Å²) in [6.07, 6.45) is 0. The molecule has 0 aliphatic carbocycles. The summed E-state index contributed by atoms with van der Waals surface area (Å²) in [6.45, 7) is 7.85. The van der Waals surface area contributed by atoms with Crippen molar-refractivity contribution in [1.82, 2.24) is 0 Å². The molecule has 0 atom stereocenters. The molecule has 0 aromatic heterocycles. The van der Waals surface area contributed by atoms with Crippen LogP contribution in [-0.4, -0.2) is 9.85 Å². The van der Waals surface area contributed by atoms with Gasteiger partial charge in [-0.15, -0.1) is 0 Å². The SMILES string of the molecule is Cc1cc(-c2cc(C)c(Oc3ccc([N+](=O)[O-])cc3)c(C)c2)cc(C)c1Oc1ccc([N+](=O)[O-])cc1. The minimum atomic E-state index is -0.443. The Morgan fingerprint density at radius 2 is 0.806 bits per heavy atom. The van der Waals surface area contributed by atoms with Gasteiger partial charge in [-0.2, -0.15) is 0 Å². The van der Waals surface area contributed by atoms with E-state index in [1.165, 1.54) is 24.3 Å². The molecule has 4 aromatic rings. The van der Waals surface area contributed by atoms with Gasteiger partial charge in [0, 0.05) is 24.3 Å². The number of aryl methyl sites for hydroxylation is 4. The first kappa shape index (κ1) is 24.4. The number of hydrogen-bond donors (Lipinski definition) is 0. The Kier molecular flexibility index (Phi) is 6.69. The lowest BCUT2D eigenvalue weighted by Crippen LogP contribution is -1.95. The lowest BCUT2D eigenvalue weighted by atomic mass is 9.96. The minimum absolute atomic E-state index is 0.0119. The van der Waals surface area contributed by atoms with Crippen molar-refractivity contribution in [3.8, 4) is 34.1 Å². The Hall–Kier alpha value is -4.72. The summed E-state index contributed by atoms with van der Waals surface area (Å²) in [5, 5.41) is 21.8. The summed E-state index contributed by atoms with van der Waals surface area (Å²) in [5.74, 6) is 2.47. The zero-order chi connectivity index (χ0) is 26.0. The number of nitro groups is 2. The Balaban J connectivity index is 1.58. The average molecular weight is 485 g/mol. The summed E-state index contributed by atoms with van der Waals surface area (Å²) in [6, 6.07) is 20.2. The molecule has 0 unspecified atom stereocenters. The molecule has 0 aliphatic rings. The van der Waals surface area contributed by atoms with Crippen LogP contribution in [0.3, 0.4) is 0 Å². The monoisotopic (exact) mass is 484 g/mol. The Bertz CT molecular complexity index is 1300. The Morgan fingerprint density at radius 1 is 0.528 bits per heavy atom. The molecule has 0 amide bonds. The Labute approximate surface area is 208 Å². The van der Waals surface area contributed by atoms with Gasteiger partial charge >= 0.3 is 0 Å². The second kappa shape index (κ2) is 9.87. The summed E-state index contributed by atoms with van der Waals surface area (Å²) in [4.78, 5) is 20.9. The average Bonchev–Trinajstić information content (AvgIpc) is 2.84. The van der Waals surface area contributed by atoms with Crippen LogP contribution in [0.5, 0.6) is 23.0 Å². The number of nitro benzene ring substituents is 2. The van der Waals surface area contributed by atoms with Gasteiger partial charge in [0.15, 0.2) is 0 Å². The molecular weight excluding hydrogens is 460 g/mol. The molecule has 36 heavy (non-hydrogen) atoms. The zero-order valence-corrected chi connectivity index (χ0v) is 20.3. The third-order valence-corrected chi connectivity index (χ3v) is 5.79. The standard InChI is InChI=1S/C28H24N2O6/c1-17-13-21(14-18(2)27(17)35-25-9-5-23(6-10-25)29(31)32)22-15-19(3)28(20(4)16-22)36-26-11-7-24(8-12-26)30(33)34/h5-16H,1-4H3. The van der Waals surface area contributed by atoms with Crippen LogP contribution in [0.4, 0.5) is 11.4 Å². The number of nitrogens with zero attached hydrogens (tertiary/aromatic N) is 2. The normalized spacial score (nSPS) is 10.7. The molecule has 182 valence electrons. The maximum Gasteiger partial charge on any atom is 0.269 e. The molecule has 0 N–H and O–H groups in total. The van der Waals surface area contributed by atoms with Crippen LogP contribution in [0.15, 0.2) is 72.8 Å². The van der Waals surface area contributed by atoms with Gasteiger partial charge in [-0.25, -0.2) is 0 Å². The molecule has 0 radical (unpaired) electrons. The lowest BCUT2D eigenvalue weighted by molar-refractivity contribution is -0.385. The van der Waals surface area contributed by atoms with E-state index in [1.807, 2.05) is 52.0 Å². The number of hydrogen-bond acceptors (Lipinski definition) is 6. The van der Waals surface area contributed by atoms with Gasteiger partial charge in [0.1, 0.15) is 23.0 Å². The van der Waals surface area contributed by atoms with E-state index in [1.54, 1.807) is 24.3 Å². The predicted molar refractivity (Wildman–Crippen MR) is 137 cm³/mol. The van der Waals surface area contributed by atoms with Crippen LogP contribution >= 0.6 is 0 Å². The molecule has 4 aromatic carbocycles. The van der Waals surface area contributed by atoms with Gasteiger partial charge in [-0.1, -0.05) is 0 Å². The fourth-order valence-corrected chi connectivity index (χ4v) is 4.06. The van der Waals surface area contributed by atoms with Gasteiger partial charge in [-0.3, -0.25) is 20.2 Å². The fourth-order valence-electron chi connectivity index (χ4n) is 4.06. The van der Waals surface area contributed by atoms with Crippen LogP contribution in [0, 0.1) is 47.9 Å². The van der Waals surface area contributed by atoms with Crippen LogP contribution in [0.25, 0.3) is 11.1 Å². The molecule has 0 bridgehead atoms. The van der Waals surface area contributed by atoms with E-state index in [0.29, 0.717) is 23.0 Å². The van der Waals surface area contributed by atoms with E-state index in [0.717, 1.165) is 33.4 Å². The molecule has 0 saturated heterocycles. The second-order valence-electron chi connectivity index (χ2n) is 8.58. The predicted octanol–water partition coefficient (Wildman–Crippen LogP) is 7.99. The smallest absolute Gasteiger partial charge is 0.269 e. The molecule has 8 nitrogen and oxygen atoms in total. The fraction of sp³-hybridized carbons (Fsp3) is 0.143. The molecule has 0 spiro atoms. The largest absolute Gasteiger partial charge is 0.457 e. The maximum atomic E-state index is 10.9. The molecule has 0 heterocycles. The van der Waals surface area contributed by atoms with Crippen molar-refractivity contribution < 1.29 is 19.3 Å². The highest BCUT2D eigenvalue weighted by Gasteiger charge is 2.14. The first-order valence-corrected chi connectivity index (χ1v) is 11.2. The molecule has 0 aliphatic heterocycles. The van der Waals surface area contributed by atoms with Gasteiger partial charge in [0.05, 0.1) is 9.85 Å². The van der Waals surface area contributed by atoms with E-state index in [4.69, 9.17) is 9.47 Å². The van der Waals surface area contributed by atoms with Crippen molar-refractivity contribution in [3.05, 3.63) is 115 Å². The quantitative estimate of drug-likeness (QED) is 0.194. The summed E-state index contributed by atoms with van der Waals surface area (Å²) >= 11 is 0. The molecule has 8 heteroatoms. The van der Waals surface area contributed by atoms with Gasteiger partial charge in [-0.05, 0) is 110 Å². The van der Waals surface area contributed by atoms with Crippen LogP contribution in [-0.2, 0) is 0 Å². The van der Waals surface area contributed by atoms with E-state index >= 15 is 0 Å². The third kappa shape index (κ3) is 5.17. The second-order valence-corrected chi connectivity index (χ2v) is 8.58. The number of non-ortho nitro benzene ring substituents is 2. The van der Waals surface area contributed by atoms with Gasteiger partial charge in [0.25, 0.3) is 11.4 Å². The Morgan fingerprint density at radius 3 is 1.06 bits per heavy atom. The highest BCUT2D eigenvalue weighted by molar-refractivity contribution is 5.70. The van der Waals surface area contributed by atoms with Crippen LogP contribution in [0.2, 0.25) is 0 Å². The summed E-state index contributed by atoms with van der Waals surface area (Å²) in [5.41, 5.74) is 5.81. The summed E-state index contributed by atoms with van der Waals surface area (Å²) in [7, 11) is 0. The highest BCUT2D eigenvalue weighted by Crippen LogP contribution is 2.37. The molecule has 0 fully saturated rings. The van der Waals surface area contributed by atoms with Crippen molar-refractivity contribution in [2.75, 3.05) is 0 Å². The van der Waals surface area contributed by atoms with E-state index < -0.39 is 9.85 Å². The van der Waals surface area contributed by atoms with Crippen molar-refractivity contribution in [1.29, 1.82) is 0 Å². The third-order valence-electron chi connectivity index (χ3n) is 5.79. The molecule has 0 saturated carbocycles. The van der Waals surface area contributed by atoms with Crippen molar-refractivity contribution >= 4 is 11.4 Å². The lowest BCUT2D eigenvalue weighted by Gasteiger charge is -2.17. The molecule has 4 rings (SSSR count).